The lowest BCUT2D eigenvalue weighted by molar-refractivity contribution is -0.139. The number of hydrogen-bond donors (Lipinski definition) is 3. The fourth-order valence-corrected chi connectivity index (χ4v) is 2.75. The van der Waals surface area contributed by atoms with E-state index in [9.17, 15) is 13.2 Å². The molecule has 0 aliphatic carbocycles. The summed E-state index contributed by atoms with van der Waals surface area (Å²) in [4.78, 5) is 17.5. The van der Waals surface area contributed by atoms with Crippen LogP contribution in [0.3, 0.4) is 0 Å². The van der Waals surface area contributed by atoms with Crippen molar-refractivity contribution in [1.82, 2.24) is 24.5 Å². The molecule has 0 radical (unpaired) electrons. The number of aliphatic carboxylic acids is 1. The van der Waals surface area contributed by atoms with E-state index in [4.69, 9.17) is 5.11 Å². The van der Waals surface area contributed by atoms with Gasteiger partial charge < -0.3 is 10.1 Å². The number of aromatic nitrogens is 4. The second kappa shape index (κ2) is 5.06. The largest absolute Gasteiger partial charge is 0.480 e. The van der Waals surface area contributed by atoms with E-state index in [0.717, 1.165) is 6.20 Å². The van der Waals surface area contributed by atoms with Gasteiger partial charge in [0.15, 0.2) is 5.03 Å². The number of carboxylic acid groups (broad SMARTS) is 1. The third kappa shape index (κ3) is 2.86. The first-order valence-corrected chi connectivity index (χ1v) is 7.03. The molecule has 0 bridgehead atoms. The van der Waals surface area contributed by atoms with Gasteiger partial charge in [0.05, 0.1) is 12.4 Å². The highest BCUT2D eigenvalue weighted by Crippen LogP contribution is 2.16. The van der Waals surface area contributed by atoms with E-state index >= 15 is 0 Å². The molecule has 0 amide bonds. The number of H-pyrrole nitrogens is 1. The van der Waals surface area contributed by atoms with Crippen LogP contribution in [0.25, 0.3) is 0 Å². The Hall–Kier alpha value is -2.20. The number of nitrogens with one attached hydrogen (secondary N) is 2. The highest BCUT2D eigenvalue weighted by atomic mass is 32.2. The normalized spacial score (nSPS) is 13.3. The van der Waals surface area contributed by atoms with E-state index in [1.807, 2.05) is 0 Å². The van der Waals surface area contributed by atoms with Crippen LogP contribution in [-0.2, 0) is 21.9 Å². The van der Waals surface area contributed by atoms with Gasteiger partial charge in [0.2, 0.25) is 0 Å². The van der Waals surface area contributed by atoms with E-state index in [2.05, 4.69) is 19.8 Å². The third-order valence-electron chi connectivity index (χ3n) is 2.55. The molecule has 10 heteroatoms. The quantitative estimate of drug-likeness (QED) is 0.686. The smallest absolute Gasteiger partial charge is 0.326 e. The van der Waals surface area contributed by atoms with Gasteiger partial charge in [-0.05, 0) is 6.92 Å². The first kappa shape index (κ1) is 14.2. The van der Waals surface area contributed by atoms with E-state index < -0.39 is 22.0 Å². The minimum Gasteiger partial charge on any atom is -0.480 e. The zero-order valence-electron chi connectivity index (χ0n) is 10.7. The molecule has 0 aliphatic heterocycles. The molecule has 0 aromatic carbocycles. The van der Waals surface area contributed by atoms with Gasteiger partial charge >= 0.3 is 5.97 Å². The number of imidazole rings is 1. The molecule has 0 fully saturated rings. The van der Waals surface area contributed by atoms with Crippen molar-refractivity contribution >= 4 is 16.0 Å². The maximum atomic E-state index is 12.1. The molecule has 1 unspecified atom stereocenters. The fourth-order valence-electron chi connectivity index (χ4n) is 1.60. The lowest BCUT2D eigenvalue weighted by Gasteiger charge is -2.12. The summed E-state index contributed by atoms with van der Waals surface area (Å²) in [6, 6.07) is -1.42. The Labute approximate surface area is 114 Å². The van der Waals surface area contributed by atoms with Gasteiger partial charge in [0.25, 0.3) is 10.0 Å². The molecule has 2 rings (SSSR count). The highest BCUT2D eigenvalue weighted by Gasteiger charge is 2.28. The number of carbonyl (C=O) groups is 1. The van der Waals surface area contributed by atoms with Crippen molar-refractivity contribution in [3.05, 3.63) is 30.0 Å². The van der Waals surface area contributed by atoms with Gasteiger partial charge in [-0.15, -0.1) is 0 Å². The molecule has 0 saturated carbocycles. The van der Waals surface area contributed by atoms with Crippen molar-refractivity contribution in [3.63, 3.8) is 0 Å². The molecular weight excluding hydrogens is 286 g/mol. The number of aromatic amines is 1. The predicted molar refractivity (Wildman–Crippen MR) is 67.2 cm³/mol. The molecule has 9 nitrogen and oxygen atoms in total. The Morgan fingerprint density at radius 2 is 2.20 bits per heavy atom. The first-order chi connectivity index (χ1) is 9.29. The molecule has 108 valence electrons. The van der Waals surface area contributed by atoms with E-state index in [0.29, 0.717) is 5.82 Å². The summed E-state index contributed by atoms with van der Waals surface area (Å²) in [5.74, 6) is -0.906. The molecule has 0 aliphatic rings. The standard InChI is InChI=1S/C10H13N5O4S/c1-6-11-4-8(13-6)20(18,19)14-9(10(16)17)7-3-12-15(2)5-7/h3-5,9,14H,1-2H3,(H,11,13)(H,16,17). The zero-order chi connectivity index (χ0) is 14.9. The Bertz CT molecular complexity index is 732. The van der Waals surface area contributed by atoms with Gasteiger partial charge in [-0.3, -0.25) is 9.48 Å². The van der Waals surface area contributed by atoms with Crippen molar-refractivity contribution in [2.24, 2.45) is 7.05 Å². The van der Waals surface area contributed by atoms with Crippen molar-refractivity contribution < 1.29 is 18.3 Å². The third-order valence-corrected chi connectivity index (χ3v) is 3.88. The van der Waals surface area contributed by atoms with Crippen molar-refractivity contribution in [2.75, 3.05) is 0 Å². The van der Waals surface area contributed by atoms with Gasteiger partial charge in [-0.1, -0.05) is 0 Å². The maximum Gasteiger partial charge on any atom is 0.326 e. The minimum atomic E-state index is -4.01. The Kier molecular flexibility index (Phi) is 3.59. The molecule has 20 heavy (non-hydrogen) atoms. The molecule has 0 spiro atoms. The van der Waals surface area contributed by atoms with Crippen LogP contribution in [0.15, 0.2) is 23.6 Å². The fraction of sp³-hybridized carbons (Fsp3) is 0.300. The molecule has 3 N–H and O–H groups in total. The van der Waals surface area contributed by atoms with Crippen LogP contribution in [0.5, 0.6) is 0 Å². The number of aryl methyl sites for hydroxylation is 2. The number of nitrogens with zero attached hydrogens (tertiary/aromatic N) is 3. The number of sulfonamides is 1. The predicted octanol–water partition coefficient (Wildman–Crippen LogP) is -0.444. The monoisotopic (exact) mass is 299 g/mol. The van der Waals surface area contributed by atoms with Gasteiger partial charge in [-0.2, -0.15) is 9.82 Å². The summed E-state index contributed by atoms with van der Waals surface area (Å²) < 4.78 is 27.6. The minimum absolute atomic E-state index is 0.190. The van der Waals surface area contributed by atoms with Gasteiger partial charge in [-0.25, -0.2) is 13.4 Å². The summed E-state index contributed by atoms with van der Waals surface area (Å²) in [7, 11) is -2.40. The SMILES string of the molecule is Cc1ncc(S(=O)(=O)NC(C(=O)O)c2cnn(C)c2)[nH]1. The van der Waals surface area contributed by atoms with Crippen molar-refractivity contribution in [2.45, 2.75) is 18.0 Å². The van der Waals surface area contributed by atoms with Crippen LogP contribution in [0, 0.1) is 6.92 Å². The van der Waals surface area contributed by atoms with Crippen molar-refractivity contribution in [3.8, 4) is 0 Å². The average Bonchev–Trinajstić information content (AvgIpc) is 2.95. The Morgan fingerprint density at radius 3 is 2.65 bits per heavy atom. The molecular formula is C10H13N5O4S. The summed E-state index contributed by atoms with van der Waals surface area (Å²) in [6.07, 6.45) is 3.85. The topological polar surface area (TPSA) is 130 Å². The summed E-state index contributed by atoms with van der Waals surface area (Å²) >= 11 is 0. The molecule has 1 atom stereocenters. The van der Waals surface area contributed by atoms with Crippen LogP contribution in [-0.4, -0.2) is 39.2 Å². The van der Waals surface area contributed by atoms with E-state index in [1.165, 1.54) is 17.1 Å². The Balaban J connectivity index is 2.31. The molecule has 2 aromatic heterocycles. The number of rotatable bonds is 5. The van der Waals surface area contributed by atoms with Crippen LogP contribution in [0.1, 0.15) is 17.4 Å². The average molecular weight is 299 g/mol. The summed E-state index contributed by atoms with van der Waals surface area (Å²) in [5, 5.41) is 12.8. The molecule has 2 aromatic rings. The lowest BCUT2D eigenvalue weighted by Crippen LogP contribution is -2.33. The van der Waals surface area contributed by atoms with Gasteiger partial charge in [0.1, 0.15) is 11.9 Å². The molecule has 0 saturated heterocycles. The Morgan fingerprint density at radius 1 is 1.50 bits per heavy atom. The molecule has 2 heterocycles. The van der Waals surface area contributed by atoms with Crippen molar-refractivity contribution in [1.29, 1.82) is 0 Å². The number of carboxylic acids is 1. The van der Waals surface area contributed by atoms with Crippen LogP contribution >= 0.6 is 0 Å². The van der Waals surface area contributed by atoms with E-state index in [1.54, 1.807) is 14.0 Å². The second-order valence-electron chi connectivity index (χ2n) is 4.17. The zero-order valence-corrected chi connectivity index (χ0v) is 11.5. The lowest BCUT2D eigenvalue weighted by atomic mass is 10.2. The number of hydrogen-bond acceptors (Lipinski definition) is 5. The first-order valence-electron chi connectivity index (χ1n) is 5.55. The van der Waals surface area contributed by atoms with E-state index in [-0.39, 0.29) is 10.6 Å². The van der Waals surface area contributed by atoms with Crippen LogP contribution in [0.4, 0.5) is 0 Å². The van der Waals surface area contributed by atoms with Crippen LogP contribution in [0.2, 0.25) is 0 Å². The maximum absolute atomic E-state index is 12.1. The highest BCUT2D eigenvalue weighted by molar-refractivity contribution is 7.89. The summed E-state index contributed by atoms with van der Waals surface area (Å²) in [5.41, 5.74) is 0.236. The van der Waals surface area contributed by atoms with Crippen LogP contribution < -0.4 is 4.72 Å². The second-order valence-corrected chi connectivity index (χ2v) is 5.86. The summed E-state index contributed by atoms with van der Waals surface area (Å²) in [6.45, 7) is 1.59. The van der Waals surface area contributed by atoms with Gasteiger partial charge in [0, 0.05) is 18.8 Å².